The van der Waals surface area contributed by atoms with Crippen LogP contribution in [0.15, 0.2) is 0 Å². The Hall–Kier alpha value is -1.30. The van der Waals surface area contributed by atoms with Crippen molar-refractivity contribution in [2.75, 3.05) is 13.2 Å². The Bertz CT molecular complexity index is 351. The third-order valence-corrected chi connectivity index (χ3v) is 4.26. The summed E-state index contributed by atoms with van der Waals surface area (Å²) in [6.07, 6.45) is 6.13. The first-order valence-corrected chi connectivity index (χ1v) is 7.51. The lowest BCUT2D eigenvalue weighted by Crippen LogP contribution is -2.50. The standard InChI is InChI=1S/C14H24N2O4/c17-8-7-16(11-3-1-2-4-11)14(20)15-12(9-13(18)19)10-5-6-10/h10-12,17H,1-9H2,(H,15,20)(H,18,19). The molecule has 0 aromatic carbocycles. The summed E-state index contributed by atoms with van der Waals surface area (Å²) in [4.78, 5) is 24.9. The number of carbonyl (C=O) groups is 2. The van der Waals surface area contributed by atoms with Gasteiger partial charge in [-0.3, -0.25) is 4.79 Å². The third-order valence-electron chi connectivity index (χ3n) is 4.26. The Morgan fingerprint density at radius 3 is 2.35 bits per heavy atom. The van der Waals surface area contributed by atoms with Crippen molar-refractivity contribution in [3.05, 3.63) is 0 Å². The molecule has 114 valence electrons. The van der Waals surface area contributed by atoms with Gasteiger partial charge in [0, 0.05) is 18.6 Å². The number of amides is 2. The highest BCUT2D eigenvalue weighted by atomic mass is 16.4. The average molecular weight is 284 g/mol. The van der Waals surface area contributed by atoms with Gasteiger partial charge in [0.05, 0.1) is 13.0 Å². The van der Waals surface area contributed by atoms with Crippen LogP contribution >= 0.6 is 0 Å². The summed E-state index contributed by atoms with van der Waals surface area (Å²) >= 11 is 0. The van der Waals surface area contributed by atoms with Crippen molar-refractivity contribution in [3.8, 4) is 0 Å². The number of urea groups is 1. The lowest BCUT2D eigenvalue weighted by molar-refractivity contribution is -0.137. The lowest BCUT2D eigenvalue weighted by Gasteiger charge is -2.30. The quantitative estimate of drug-likeness (QED) is 0.655. The Labute approximate surface area is 119 Å². The maximum absolute atomic E-state index is 12.4. The van der Waals surface area contributed by atoms with E-state index >= 15 is 0 Å². The van der Waals surface area contributed by atoms with E-state index in [0.717, 1.165) is 38.5 Å². The number of carbonyl (C=O) groups excluding carboxylic acids is 1. The van der Waals surface area contributed by atoms with Gasteiger partial charge in [0.15, 0.2) is 0 Å². The van der Waals surface area contributed by atoms with Crippen LogP contribution in [0.2, 0.25) is 0 Å². The molecule has 6 heteroatoms. The zero-order valence-corrected chi connectivity index (χ0v) is 11.8. The van der Waals surface area contributed by atoms with E-state index in [1.54, 1.807) is 4.90 Å². The molecule has 2 aliphatic rings. The summed E-state index contributed by atoms with van der Waals surface area (Å²) in [5, 5.41) is 20.9. The van der Waals surface area contributed by atoms with Crippen LogP contribution in [0.25, 0.3) is 0 Å². The van der Waals surface area contributed by atoms with E-state index in [0.29, 0.717) is 12.5 Å². The number of nitrogens with zero attached hydrogens (tertiary/aromatic N) is 1. The third kappa shape index (κ3) is 4.10. The van der Waals surface area contributed by atoms with Gasteiger partial charge in [0.25, 0.3) is 0 Å². The molecule has 2 amide bonds. The number of hydrogen-bond acceptors (Lipinski definition) is 3. The summed E-state index contributed by atoms with van der Waals surface area (Å²) in [6, 6.07) is -0.307. The van der Waals surface area contributed by atoms with Crippen molar-refractivity contribution in [1.82, 2.24) is 10.2 Å². The molecule has 0 aromatic heterocycles. The van der Waals surface area contributed by atoms with Gasteiger partial charge in [0.1, 0.15) is 0 Å². The molecule has 2 saturated carbocycles. The Morgan fingerprint density at radius 1 is 1.20 bits per heavy atom. The minimum absolute atomic E-state index is 0.0198. The highest BCUT2D eigenvalue weighted by Crippen LogP contribution is 2.34. The number of hydrogen-bond donors (Lipinski definition) is 3. The van der Waals surface area contributed by atoms with E-state index in [9.17, 15) is 9.59 Å². The topological polar surface area (TPSA) is 89.9 Å². The van der Waals surface area contributed by atoms with Gasteiger partial charge in [-0.2, -0.15) is 0 Å². The van der Waals surface area contributed by atoms with Gasteiger partial charge < -0.3 is 20.4 Å². The van der Waals surface area contributed by atoms with E-state index in [4.69, 9.17) is 10.2 Å². The number of carboxylic acid groups (broad SMARTS) is 1. The van der Waals surface area contributed by atoms with Crippen LogP contribution in [-0.2, 0) is 4.79 Å². The summed E-state index contributed by atoms with van der Waals surface area (Å²) in [7, 11) is 0. The number of nitrogens with one attached hydrogen (secondary N) is 1. The lowest BCUT2D eigenvalue weighted by atomic mass is 10.1. The van der Waals surface area contributed by atoms with Crippen molar-refractivity contribution in [3.63, 3.8) is 0 Å². The summed E-state index contributed by atoms with van der Waals surface area (Å²) in [5.41, 5.74) is 0. The van der Waals surface area contributed by atoms with Crippen LogP contribution < -0.4 is 5.32 Å². The number of aliphatic hydroxyl groups excluding tert-OH is 1. The molecule has 6 nitrogen and oxygen atoms in total. The minimum Gasteiger partial charge on any atom is -0.481 e. The first-order chi connectivity index (χ1) is 9.61. The normalized spacial score (nSPS) is 20.6. The predicted molar refractivity (Wildman–Crippen MR) is 73.3 cm³/mol. The van der Waals surface area contributed by atoms with E-state index in [1.165, 1.54) is 0 Å². The van der Waals surface area contributed by atoms with Gasteiger partial charge in [-0.05, 0) is 31.6 Å². The van der Waals surface area contributed by atoms with E-state index < -0.39 is 5.97 Å². The largest absolute Gasteiger partial charge is 0.481 e. The number of aliphatic carboxylic acids is 1. The minimum atomic E-state index is -0.878. The monoisotopic (exact) mass is 284 g/mol. The Kier molecular flexibility index (Phi) is 5.23. The molecule has 2 fully saturated rings. The van der Waals surface area contributed by atoms with Gasteiger partial charge >= 0.3 is 12.0 Å². The molecule has 2 rings (SSSR count). The first kappa shape index (κ1) is 15.1. The summed E-state index contributed by atoms with van der Waals surface area (Å²) < 4.78 is 0. The van der Waals surface area contributed by atoms with Gasteiger partial charge in [-0.1, -0.05) is 12.8 Å². The van der Waals surface area contributed by atoms with Crippen LogP contribution in [0.5, 0.6) is 0 Å². The molecule has 0 heterocycles. The average Bonchev–Trinajstić information content (AvgIpc) is 3.11. The predicted octanol–water partition coefficient (Wildman–Crippen LogP) is 1.19. The number of carboxylic acids is 1. The van der Waals surface area contributed by atoms with Gasteiger partial charge in [0.2, 0.25) is 0 Å². The molecule has 1 atom stereocenters. The molecule has 20 heavy (non-hydrogen) atoms. The molecule has 3 N–H and O–H groups in total. The second kappa shape index (κ2) is 6.92. The van der Waals surface area contributed by atoms with E-state index in [-0.39, 0.29) is 31.1 Å². The van der Waals surface area contributed by atoms with Gasteiger partial charge in [-0.15, -0.1) is 0 Å². The van der Waals surface area contributed by atoms with Crippen LogP contribution in [0.3, 0.4) is 0 Å². The van der Waals surface area contributed by atoms with Crippen LogP contribution in [0.1, 0.15) is 44.9 Å². The molecule has 0 spiro atoms. The fraction of sp³-hybridized carbons (Fsp3) is 0.857. The maximum atomic E-state index is 12.4. The van der Waals surface area contributed by atoms with Crippen molar-refractivity contribution >= 4 is 12.0 Å². The van der Waals surface area contributed by atoms with Crippen molar-refractivity contribution in [2.45, 2.75) is 57.0 Å². The molecule has 1 unspecified atom stereocenters. The smallest absolute Gasteiger partial charge is 0.317 e. The Morgan fingerprint density at radius 2 is 1.85 bits per heavy atom. The molecule has 0 radical (unpaired) electrons. The van der Waals surface area contributed by atoms with E-state index in [1.807, 2.05) is 0 Å². The van der Waals surface area contributed by atoms with Gasteiger partial charge in [-0.25, -0.2) is 4.79 Å². The molecule has 0 saturated heterocycles. The molecule has 0 bridgehead atoms. The van der Waals surface area contributed by atoms with Crippen molar-refractivity contribution in [2.24, 2.45) is 5.92 Å². The molecule has 0 aromatic rings. The molecule has 2 aliphatic carbocycles. The molecular weight excluding hydrogens is 260 g/mol. The fourth-order valence-corrected chi connectivity index (χ4v) is 3.04. The highest BCUT2D eigenvalue weighted by molar-refractivity contribution is 5.76. The van der Waals surface area contributed by atoms with Crippen molar-refractivity contribution < 1.29 is 19.8 Å². The highest BCUT2D eigenvalue weighted by Gasteiger charge is 2.35. The van der Waals surface area contributed by atoms with Crippen LogP contribution in [-0.4, -0.2) is 52.3 Å². The van der Waals surface area contributed by atoms with Crippen LogP contribution in [0, 0.1) is 5.92 Å². The number of rotatable bonds is 7. The summed E-state index contributed by atoms with van der Waals surface area (Å²) in [5.74, 6) is -0.577. The Balaban J connectivity index is 1.93. The maximum Gasteiger partial charge on any atom is 0.317 e. The molecular formula is C14H24N2O4. The molecule has 0 aliphatic heterocycles. The van der Waals surface area contributed by atoms with E-state index in [2.05, 4.69) is 5.32 Å². The number of aliphatic hydroxyl groups is 1. The first-order valence-electron chi connectivity index (χ1n) is 7.51. The van der Waals surface area contributed by atoms with Crippen molar-refractivity contribution in [1.29, 1.82) is 0 Å². The van der Waals surface area contributed by atoms with Crippen LogP contribution in [0.4, 0.5) is 4.79 Å². The summed E-state index contributed by atoms with van der Waals surface area (Å²) in [6.45, 7) is 0.262. The zero-order chi connectivity index (χ0) is 14.5. The zero-order valence-electron chi connectivity index (χ0n) is 11.8. The second-order valence-electron chi connectivity index (χ2n) is 5.85. The SMILES string of the molecule is O=C(O)CC(NC(=O)N(CCO)C1CCCC1)C1CC1. The second-order valence-corrected chi connectivity index (χ2v) is 5.85. The fourth-order valence-electron chi connectivity index (χ4n) is 3.04.